The van der Waals surface area contributed by atoms with E-state index in [-0.39, 0.29) is 6.61 Å². The third kappa shape index (κ3) is 6.60. The Morgan fingerprint density at radius 3 is 2.35 bits per heavy atom. The number of nitrogens with one attached hydrogen (secondary N) is 1. The lowest BCUT2D eigenvalue weighted by atomic mass is 9.96. The molecule has 0 bridgehead atoms. The molecule has 0 aliphatic rings. The van der Waals surface area contributed by atoms with Gasteiger partial charge in [-0.25, -0.2) is 4.79 Å². The topological polar surface area (TPSA) is 160 Å². The van der Waals surface area contributed by atoms with Crippen LogP contribution in [0.4, 0.5) is 0 Å². The molecule has 0 aliphatic carbocycles. The van der Waals surface area contributed by atoms with Gasteiger partial charge in [-0.2, -0.15) is 5.10 Å². The minimum Gasteiger partial charge on any atom is -0.481 e. The molecule has 1 aromatic carbocycles. The van der Waals surface area contributed by atoms with Crippen LogP contribution in [0, 0.1) is 0 Å². The highest BCUT2D eigenvalue weighted by Crippen LogP contribution is 2.26. The summed E-state index contributed by atoms with van der Waals surface area (Å²) >= 11 is 0. The van der Waals surface area contributed by atoms with E-state index in [2.05, 4.69) is 10.4 Å². The smallest absolute Gasteiger partial charge is 0.336 e. The van der Waals surface area contributed by atoms with Gasteiger partial charge in [0.1, 0.15) is 18.9 Å². The van der Waals surface area contributed by atoms with Gasteiger partial charge in [-0.1, -0.05) is 30.3 Å². The normalized spacial score (nSPS) is 14.9. The van der Waals surface area contributed by atoms with Gasteiger partial charge in [0.15, 0.2) is 5.60 Å². The molecular formula is C20H25N3O8. The Bertz CT molecular complexity index is 901. The van der Waals surface area contributed by atoms with Gasteiger partial charge >= 0.3 is 17.9 Å². The number of carboxylic acids is 2. The zero-order valence-electron chi connectivity index (χ0n) is 17.1. The van der Waals surface area contributed by atoms with E-state index in [9.17, 15) is 19.5 Å². The number of benzene rings is 1. The van der Waals surface area contributed by atoms with E-state index in [1.54, 1.807) is 31.0 Å². The predicted octanol–water partition coefficient (Wildman–Crippen LogP) is 0.295. The lowest BCUT2D eigenvalue weighted by molar-refractivity contribution is -0.173. The largest absolute Gasteiger partial charge is 0.481 e. The molecule has 3 atom stereocenters. The standard InChI is InChI=1S/C20H25N3O8/c1-21-15(12-30-17(26)11-20(29,19(27)28)10-16(24)25)31-18(13-6-4-3-5-7-13)14-8-9-22-23(14)2/h3-9,15,18,21,29H,10-12H2,1-2H3,(H,24,25)(H,27,28)/t15?,18?,20-/m1/s1. The van der Waals surface area contributed by atoms with Crippen LogP contribution >= 0.6 is 0 Å². The monoisotopic (exact) mass is 435 g/mol. The molecule has 2 unspecified atom stereocenters. The third-order valence-corrected chi connectivity index (χ3v) is 4.53. The van der Waals surface area contributed by atoms with Crippen LogP contribution in [0.3, 0.4) is 0 Å². The van der Waals surface area contributed by atoms with Crippen molar-refractivity contribution in [2.45, 2.75) is 30.8 Å². The number of carbonyl (C=O) groups is 3. The van der Waals surface area contributed by atoms with Crippen LogP contribution < -0.4 is 5.32 Å². The average Bonchev–Trinajstić information content (AvgIpc) is 3.13. The van der Waals surface area contributed by atoms with Crippen molar-refractivity contribution in [1.29, 1.82) is 0 Å². The van der Waals surface area contributed by atoms with E-state index < -0.39 is 48.7 Å². The predicted molar refractivity (Wildman–Crippen MR) is 106 cm³/mol. The van der Waals surface area contributed by atoms with Crippen molar-refractivity contribution in [3.63, 3.8) is 0 Å². The molecule has 2 rings (SSSR count). The van der Waals surface area contributed by atoms with Gasteiger partial charge in [0.05, 0.1) is 18.5 Å². The van der Waals surface area contributed by atoms with Gasteiger partial charge in [0.25, 0.3) is 0 Å². The van der Waals surface area contributed by atoms with E-state index in [0.717, 1.165) is 11.3 Å². The van der Waals surface area contributed by atoms with Crippen LogP contribution in [0.1, 0.15) is 30.2 Å². The number of hydrogen-bond donors (Lipinski definition) is 4. The number of ether oxygens (including phenoxy) is 2. The molecule has 0 fully saturated rings. The molecule has 0 spiro atoms. The Hall–Kier alpha value is -3.28. The van der Waals surface area contributed by atoms with Crippen molar-refractivity contribution < 1.29 is 39.2 Å². The van der Waals surface area contributed by atoms with E-state index >= 15 is 0 Å². The van der Waals surface area contributed by atoms with Gasteiger partial charge in [-0.05, 0) is 18.7 Å². The number of carboxylic acid groups (broad SMARTS) is 2. The van der Waals surface area contributed by atoms with Crippen molar-refractivity contribution >= 4 is 17.9 Å². The molecule has 0 aliphatic heterocycles. The van der Waals surface area contributed by atoms with Crippen LogP contribution in [0.5, 0.6) is 0 Å². The number of aliphatic hydroxyl groups is 1. The Morgan fingerprint density at radius 2 is 1.84 bits per heavy atom. The van der Waals surface area contributed by atoms with Crippen LogP contribution in [-0.4, -0.2) is 68.5 Å². The summed E-state index contributed by atoms with van der Waals surface area (Å²) in [5.74, 6) is -4.46. The number of rotatable bonds is 12. The number of aromatic nitrogens is 2. The average molecular weight is 435 g/mol. The highest BCUT2D eigenvalue weighted by atomic mass is 16.6. The zero-order chi connectivity index (χ0) is 23.0. The lowest BCUT2D eigenvalue weighted by Crippen LogP contribution is -2.44. The molecule has 0 amide bonds. The molecule has 31 heavy (non-hydrogen) atoms. The summed E-state index contributed by atoms with van der Waals surface area (Å²) in [4.78, 5) is 34.1. The summed E-state index contributed by atoms with van der Waals surface area (Å²) < 4.78 is 12.8. The maximum atomic E-state index is 12.1. The fourth-order valence-electron chi connectivity index (χ4n) is 2.87. The summed E-state index contributed by atoms with van der Waals surface area (Å²) in [6, 6.07) is 11.1. The van der Waals surface area contributed by atoms with Crippen molar-refractivity contribution in [2.75, 3.05) is 13.7 Å². The highest BCUT2D eigenvalue weighted by Gasteiger charge is 2.41. The van der Waals surface area contributed by atoms with Gasteiger partial charge in [-0.15, -0.1) is 0 Å². The molecule has 0 saturated heterocycles. The number of likely N-dealkylation sites (N-methyl/N-ethyl adjacent to an activating group) is 1. The number of nitrogens with zero attached hydrogens (tertiary/aromatic N) is 2. The molecule has 0 saturated carbocycles. The molecule has 0 radical (unpaired) electrons. The van der Waals surface area contributed by atoms with Crippen LogP contribution in [-0.2, 0) is 30.9 Å². The fraction of sp³-hybridized carbons (Fsp3) is 0.400. The molecule has 11 heteroatoms. The van der Waals surface area contributed by atoms with Crippen molar-refractivity contribution in [3.05, 3.63) is 53.9 Å². The van der Waals surface area contributed by atoms with Crippen LogP contribution in [0.2, 0.25) is 0 Å². The summed E-state index contributed by atoms with van der Waals surface area (Å²) in [5, 5.41) is 34.8. The summed E-state index contributed by atoms with van der Waals surface area (Å²) in [7, 11) is 3.35. The Labute approximate surface area is 178 Å². The molecule has 4 N–H and O–H groups in total. The van der Waals surface area contributed by atoms with Gasteiger partial charge in [0, 0.05) is 13.2 Å². The Balaban J connectivity index is 2.07. The molecule has 2 aromatic rings. The Kier molecular flexibility index (Phi) is 8.25. The fourth-order valence-corrected chi connectivity index (χ4v) is 2.87. The number of aryl methyl sites for hydroxylation is 1. The van der Waals surface area contributed by atoms with Gasteiger partial charge < -0.3 is 24.8 Å². The van der Waals surface area contributed by atoms with Gasteiger partial charge in [-0.3, -0.25) is 19.6 Å². The van der Waals surface area contributed by atoms with E-state index in [0.29, 0.717) is 0 Å². The highest BCUT2D eigenvalue weighted by molar-refractivity contribution is 5.88. The second-order valence-electron chi connectivity index (χ2n) is 6.85. The van der Waals surface area contributed by atoms with Gasteiger partial charge in [0.2, 0.25) is 0 Å². The summed E-state index contributed by atoms with van der Waals surface area (Å²) in [6.07, 6.45) is -1.87. The van der Waals surface area contributed by atoms with Crippen LogP contribution in [0.25, 0.3) is 0 Å². The third-order valence-electron chi connectivity index (χ3n) is 4.53. The van der Waals surface area contributed by atoms with Crippen LogP contribution in [0.15, 0.2) is 42.6 Å². The molecule has 11 nitrogen and oxygen atoms in total. The lowest BCUT2D eigenvalue weighted by Gasteiger charge is -2.26. The van der Waals surface area contributed by atoms with E-state index in [1.807, 2.05) is 30.3 Å². The first-order chi connectivity index (χ1) is 14.7. The SMILES string of the molecule is CNC(COC(=O)C[C@](O)(CC(=O)O)C(=O)O)OC(c1ccccc1)c1ccnn1C. The van der Waals surface area contributed by atoms with E-state index in [4.69, 9.17) is 19.7 Å². The maximum Gasteiger partial charge on any atom is 0.336 e. The van der Waals surface area contributed by atoms with E-state index in [1.165, 1.54) is 0 Å². The number of carbonyl (C=O) groups excluding carboxylic acids is 1. The quantitative estimate of drug-likeness (QED) is 0.269. The molecule has 1 aromatic heterocycles. The minimum atomic E-state index is -2.76. The summed E-state index contributed by atoms with van der Waals surface area (Å²) in [6.45, 7) is -0.306. The molecule has 1 heterocycles. The second-order valence-corrected chi connectivity index (χ2v) is 6.85. The number of hydrogen-bond acceptors (Lipinski definition) is 8. The summed E-state index contributed by atoms with van der Waals surface area (Å²) in [5.41, 5.74) is -1.18. The number of esters is 1. The second kappa shape index (κ2) is 10.7. The van der Waals surface area contributed by atoms with Crippen molar-refractivity contribution in [2.24, 2.45) is 7.05 Å². The molecular weight excluding hydrogens is 410 g/mol. The first kappa shape index (κ1) is 24.0. The Morgan fingerprint density at radius 1 is 1.16 bits per heavy atom. The minimum absolute atomic E-state index is 0.306. The zero-order valence-corrected chi connectivity index (χ0v) is 17.1. The first-order valence-corrected chi connectivity index (χ1v) is 9.35. The van der Waals surface area contributed by atoms with Crippen molar-refractivity contribution in [3.8, 4) is 0 Å². The molecule has 168 valence electrons. The maximum absolute atomic E-state index is 12.1. The number of aliphatic carboxylic acids is 2. The first-order valence-electron chi connectivity index (χ1n) is 9.35. The van der Waals surface area contributed by atoms with Crippen molar-refractivity contribution in [1.82, 2.24) is 15.1 Å².